The van der Waals surface area contributed by atoms with E-state index in [0.29, 0.717) is 53.8 Å². The number of hydrogen-bond acceptors (Lipinski definition) is 14. The summed E-state index contributed by atoms with van der Waals surface area (Å²) < 4.78 is 90.8. The average molecular weight is 1060 g/mol. The second-order valence-corrected chi connectivity index (χ2v) is 29.2. The Labute approximate surface area is 429 Å². The highest BCUT2D eigenvalue weighted by Gasteiger charge is 2.44. The lowest BCUT2D eigenvalue weighted by Gasteiger charge is -2.42. The molecule has 0 saturated heterocycles. The van der Waals surface area contributed by atoms with Crippen LogP contribution in [0.2, 0.25) is 18.1 Å². The third-order valence-corrected chi connectivity index (χ3v) is 21.7. The number of sulfone groups is 1. The lowest BCUT2D eigenvalue weighted by Crippen LogP contribution is -2.54. The predicted octanol–water partition coefficient (Wildman–Crippen LogP) is 8.49. The zero-order chi connectivity index (χ0) is 53.1. The molecule has 1 unspecified atom stereocenters. The van der Waals surface area contributed by atoms with Crippen LogP contribution < -0.4 is 19.1 Å². The number of methoxy groups -OCH3 is 3. The van der Waals surface area contributed by atoms with Crippen LogP contribution in [0.3, 0.4) is 0 Å². The Bertz CT molecular complexity index is 3050. The van der Waals surface area contributed by atoms with Gasteiger partial charge in [-0.2, -0.15) is 9.10 Å². The number of amides is 1. The van der Waals surface area contributed by atoms with E-state index in [2.05, 4.69) is 15.3 Å². The Morgan fingerprint density at radius 3 is 1.84 bits per heavy atom. The zero-order valence-electron chi connectivity index (χ0n) is 43.4. The number of fused-ring (bicyclic) bond motifs is 1. The maximum Gasteiger partial charge on any atom is 0.407 e. The summed E-state index contributed by atoms with van der Waals surface area (Å²) in [4.78, 5) is 20.8. The number of aromatic nitrogens is 6. The van der Waals surface area contributed by atoms with Gasteiger partial charge in [0.15, 0.2) is 18.2 Å². The van der Waals surface area contributed by atoms with E-state index < -0.39 is 66.5 Å². The highest BCUT2D eigenvalue weighted by molar-refractivity contribution is 7.93. The first-order chi connectivity index (χ1) is 34.3. The molecule has 73 heavy (non-hydrogen) atoms. The quantitative estimate of drug-likeness (QED) is 0.0710. The molecule has 22 heteroatoms. The summed E-state index contributed by atoms with van der Waals surface area (Å²) in [6.45, 7) is 15.5. The van der Waals surface area contributed by atoms with Crippen LogP contribution in [0.4, 0.5) is 16.4 Å². The molecule has 1 aliphatic rings. The maximum atomic E-state index is 16.5. The summed E-state index contributed by atoms with van der Waals surface area (Å²) in [6.07, 6.45) is 1.63. The summed E-state index contributed by atoms with van der Waals surface area (Å²) in [6, 6.07) is 24.0. The molecule has 0 fully saturated rings. The van der Waals surface area contributed by atoms with E-state index in [9.17, 15) is 9.90 Å². The van der Waals surface area contributed by atoms with E-state index in [-0.39, 0.29) is 43.3 Å². The molecule has 0 spiro atoms. The van der Waals surface area contributed by atoms with Crippen molar-refractivity contribution < 1.29 is 45.4 Å². The third kappa shape index (κ3) is 12.4. The highest BCUT2D eigenvalue weighted by Crippen LogP contribution is 2.45. The fraction of sp³-hybridized carbons (Fsp3) is 0.431. The second kappa shape index (κ2) is 21.6. The van der Waals surface area contributed by atoms with Crippen LogP contribution >= 0.6 is 0 Å². The molecular formula is C51H67N9O10S2Si. The number of rotatable bonds is 20. The molecule has 1 N–H and O–H groups in total. The number of anilines is 2. The van der Waals surface area contributed by atoms with Crippen molar-refractivity contribution in [2.75, 3.05) is 45.1 Å². The molecule has 1 amide bonds. The van der Waals surface area contributed by atoms with Gasteiger partial charge in [-0.15, -0.1) is 10.2 Å². The van der Waals surface area contributed by atoms with Crippen LogP contribution in [0.1, 0.15) is 64.7 Å². The van der Waals surface area contributed by atoms with Crippen molar-refractivity contribution in [2.24, 2.45) is 0 Å². The van der Waals surface area contributed by atoms with Crippen molar-refractivity contribution in [3.63, 3.8) is 0 Å². The van der Waals surface area contributed by atoms with Gasteiger partial charge < -0.3 is 38.1 Å². The van der Waals surface area contributed by atoms with Gasteiger partial charge in [-0.25, -0.2) is 26.6 Å². The van der Waals surface area contributed by atoms with Crippen LogP contribution in [0.25, 0.3) is 11.4 Å². The van der Waals surface area contributed by atoms with Gasteiger partial charge in [-0.3, -0.25) is 0 Å². The van der Waals surface area contributed by atoms with Gasteiger partial charge in [-0.1, -0.05) is 57.2 Å². The van der Waals surface area contributed by atoms with Crippen molar-refractivity contribution in [1.82, 2.24) is 39.0 Å². The van der Waals surface area contributed by atoms with Crippen LogP contribution in [0.5, 0.6) is 17.2 Å². The van der Waals surface area contributed by atoms with Crippen molar-refractivity contribution in [1.29, 1.82) is 0 Å². The molecule has 0 aliphatic carbocycles. The molecule has 6 aromatic rings. The molecule has 7 rings (SSSR count). The number of imidazole rings is 1. The normalized spacial score (nSPS) is 13.9. The van der Waals surface area contributed by atoms with Gasteiger partial charge in [0.2, 0.25) is 21.8 Å². The smallest absolute Gasteiger partial charge is 0.407 e. The molecule has 4 aromatic carbocycles. The highest BCUT2D eigenvalue weighted by atomic mass is 32.2. The molecule has 0 bridgehead atoms. The summed E-state index contributed by atoms with van der Waals surface area (Å²) in [5, 5.41) is 23.8. The lowest BCUT2D eigenvalue weighted by molar-refractivity contribution is 0.0662. The van der Waals surface area contributed by atoms with E-state index in [0.717, 1.165) is 10.5 Å². The number of sulfonamides is 1. The van der Waals surface area contributed by atoms with E-state index in [1.54, 1.807) is 101 Å². The first-order valence-corrected chi connectivity index (χ1v) is 29.9. The Morgan fingerprint density at radius 1 is 0.781 bits per heavy atom. The number of nitrogens with zero attached hydrogens (tertiary/aromatic N) is 9. The van der Waals surface area contributed by atoms with Gasteiger partial charge in [-0.05, 0) is 116 Å². The lowest BCUT2D eigenvalue weighted by atomic mass is 10.1. The van der Waals surface area contributed by atoms with Crippen LogP contribution in [0.15, 0.2) is 107 Å². The van der Waals surface area contributed by atoms with Crippen LogP contribution in [-0.2, 0) is 50.5 Å². The largest absolute Gasteiger partial charge is 0.497 e. The molecule has 3 heterocycles. The van der Waals surface area contributed by atoms with E-state index in [1.165, 1.54) is 29.4 Å². The molecule has 2 aromatic heterocycles. The molecule has 1 aliphatic heterocycles. The minimum Gasteiger partial charge on any atom is -0.497 e. The first-order valence-electron chi connectivity index (χ1n) is 23.9. The summed E-state index contributed by atoms with van der Waals surface area (Å²) in [5.74, 6) is 1.34. The van der Waals surface area contributed by atoms with Crippen LogP contribution in [0, 0.1) is 0 Å². The van der Waals surface area contributed by atoms with Gasteiger partial charge in [0.1, 0.15) is 22.1 Å². The van der Waals surface area contributed by atoms with E-state index in [1.807, 2.05) is 61.7 Å². The minimum atomic E-state index is -4.99. The minimum absolute atomic E-state index is 0.114. The topological polar surface area (TPSA) is 214 Å². The van der Waals surface area contributed by atoms with Gasteiger partial charge >= 0.3 is 6.09 Å². The maximum absolute atomic E-state index is 16.5. The monoisotopic (exact) mass is 1060 g/mol. The second-order valence-electron chi connectivity index (χ2n) is 20.5. The standard InChI is InChI=1S/C51H67N9O10S2Si/c1-50(2,3)59(49(61)62)34-42(70-73(10,11)51(4,5)6)35-71(63,64)44-26-25-43(58-29-12-28-56-30-27-52-48(56)58)45(47-53-55-60(54-47)33-38-17-23-41(69-9)24-18-38)46(44)72(65,66)57(31-36-13-19-39(67-7)20-14-36)32-37-15-21-40(68-8)22-16-37/h13-27,30,42H,12,28-29,31-35H2,1-11H3,(H,61,62). The van der Waals surface area contributed by atoms with Crippen molar-refractivity contribution in [3.8, 4) is 28.6 Å². The number of tetrazole rings is 1. The summed E-state index contributed by atoms with van der Waals surface area (Å²) in [5.41, 5.74) is 1.16. The fourth-order valence-electron chi connectivity index (χ4n) is 8.37. The summed E-state index contributed by atoms with van der Waals surface area (Å²) >= 11 is 0. The SMILES string of the molecule is COc1ccc(CN(Cc2ccc(OC)cc2)S(=O)(=O)c2c(S(=O)(=O)CC(CN(C(=O)O)C(C)(C)C)O[Si](C)(C)C(C)(C)C)ccc(N3CCCn4ccnc43)c2-c2nnn(Cc3ccc(OC)cc3)n2)cc1. The molecule has 0 saturated carbocycles. The van der Waals surface area contributed by atoms with E-state index in [4.69, 9.17) is 23.7 Å². The van der Waals surface area contributed by atoms with Gasteiger partial charge in [0.25, 0.3) is 0 Å². The number of carbonyl (C=O) groups is 1. The average Bonchev–Trinajstić information content (AvgIpc) is 4.02. The Kier molecular flexibility index (Phi) is 16.1. The number of benzene rings is 4. The number of hydrogen-bond donors (Lipinski definition) is 1. The zero-order valence-corrected chi connectivity index (χ0v) is 46.1. The third-order valence-electron chi connectivity index (χ3n) is 13.3. The predicted molar refractivity (Wildman–Crippen MR) is 280 cm³/mol. The van der Waals surface area contributed by atoms with Gasteiger partial charge in [0, 0.05) is 44.1 Å². The molecule has 392 valence electrons. The van der Waals surface area contributed by atoms with E-state index >= 15 is 16.8 Å². The first kappa shape index (κ1) is 54.4. The van der Waals surface area contributed by atoms with Crippen molar-refractivity contribution in [2.45, 2.75) is 114 Å². The molecular weight excluding hydrogens is 991 g/mol. The van der Waals surface area contributed by atoms with Crippen molar-refractivity contribution >= 4 is 45.9 Å². The molecule has 0 radical (unpaired) electrons. The van der Waals surface area contributed by atoms with Crippen LogP contribution in [-0.4, -0.2) is 127 Å². The van der Waals surface area contributed by atoms with Crippen molar-refractivity contribution in [3.05, 3.63) is 114 Å². The summed E-state index contributed by atoms with van der Waals surface area (Å²) in [7, 11) is -7.96. The molecule has 19 nitrogen and oxygen atoms in total. The Hall–Kier alpha value is -6.33. The number of aryl methyl sites for hydroxylation is 1. The fourth-order valence-corrected chi connectivity index (χ4v) is 13.7. The Morgan fingerprint density at radius 2 is 1.33 bits per heavy atom. The van der Waals surface area contributed by atoms with Gasteiger partial charge in [0.05, 0.1) is 62.4 Å². The Balaban J connectivity index is 1.51. The number of carboxylic acid groups (broad SMARTS) is 1. The molecule has 1 atom stereocenters. The number of ether oxygens (including phenoxy) is 3.